The van der Waals surface area contributed by atoms with E-state index in [1.807, 2.05) is 0 Å². The number of carbonyl (C=O) groups is 4. The number of nitrogens with two attached hydrogens (primary N) is 2. The van der Waals surface area contributed by atoms with Crippen molar-refractivity contribution in [3.05, 3.63) is 12.7 Å². The Morgan fingerprint density at radius 3 is 2.20 bits per heavy atom. The number of anilines is 1. The van der Waals surface area contributed by atoms with Crippen LogP contribution >= 0.6 is 35.2 Å². The van der Waals surface area contributed by atoms with E-state index in [2.05, 4.69) is 51.2 Å². The summed E-state index contributed by atoms with van der Waals surface area (Å²) < 4.78 is 62.1. The van der Waals surface area contributed by atoms with Crippen LogP contribution in [0.4, 0.5) is 5.82 Å². The van der Waals surface area contributed by atoms with Gasteiger partial charge in [-0.3, -0.25) is 37.4 Å². The average Bonchev–Trinajstić information content (AvgIpc) is 3.82. The Balaban J connectivity index is 0.0000163. The maximum absolute atomic E-state index is 12.7. The molecule has 69 heavy (non-hydrogen) atoms. The zero-order valence-corrected chi connectivity index (χ0v) is 44.6. The van der Waals surface area contributed by atoms with Crippen LogP contribution in [-0.4, -0.2) is 136 Å². The number of imidazole rings is 1. The fourth-order valence-corrected chi connectivity index (χ4v) is 10.6. The first-order valence-corrected chi connectivity index (χ1v) is 27.4. The maximum atomic E-state index is 12.7. The summed E-state index contributed by atoms with van der Waals surface area (Å²) in [6.45, 7) is 2.15. The number of phosphoric acid groups is 3. The summed E-state index contributed by atoms with van der Waals surface area (Å²) in [5, 5.41) is 28.7. The van der Waals surface area contributed by atoms with Crippen molar-refractivity contribution < 1.29 is 115 Å². The first-order chi connectivity index (χ1) is 31.9. The molecule has 12 N–H and O–H groups in total. The second kappa shape index (κ2) is 30.1. The Labute approximate surface area is 425 Å². The summed E-state index contributed by atoms with van der Waals surface area (Å²) in [5.41, 5.74) is 9.36. The molecule has 32 heteroatoms. The molecule has 4 amide bonds. The van der Waals surface area contributed by atoms with Gasteiger partial charge in [-0.25, -0.2) is 28.4 Å². The number of ether oxygens (including phenoxy) is 1. The van der Waals surface area contributed by atoms with Crippen molar-refractivity contribution in [1.82, 2.24) is 35.5 Å². The number of aromatic nitrogens is 4. The molecule has 0 bridgehead atoms. The molecule has 388 valence electrons. The molecule has 8 atom stereocenters. The maximum Gasteiger partial charge on any atom is 1.00 e. The van der Waals surface area contributed by atoms with Crippen LogP contribution in [0.15, 0.2) is 12.7 Å². The zero-order chi connectivity index (χ0) is 50.7. The Morgan fingerprint density at radius 2 is 1.58 bits per heavy atom. The third kappa shape index (κ3) is 22.6. The van der Waals surface area contributed by atoms with E-state index in [0.29, 0.717) is 12.2 Å². The van der Waals surface area contributed by atoms with Gasteiger partial charge in [-0.2, -0.15) is 0 Å². The summed E-state index contributed by atoms with van der Waals surface area (Å²) in [6, 6.07) is 0. The first-order valence-electron chi connectivity index (χ1n) is 21.9. The second-order valence-corrected chi connectivity index (χ2v) is 22.1. The minimum absolute atomic E-state index is 0. The smallest absolute Gasteiger partial charge is 0.756 e. The molecule has 0 spiro atoms. The van der Waals surface area contributed by atoms with E-state index in [4.69, 9.17) is 20.7 Å². The predicted molar refractivity (Wildman–Crippen MR) is 242 cm³/mol. The van der Waals surface area contributed by atoms with Gasteiger partial charge < -0.3 is 66.5 Å². The summed E-state index contributed by atoms with van der Waals surface area (Å²) in [5.74, 6) is -2.14. The molecule has 3 heterocycles. The number of phosphoric ester groups is 3. The van der Waals surface area contributed by atoms with Crippen LogP contribution in [0.2, 0.25) is 0 Å². The number of fused-ring (bicyclic) bond motifs is 1. The SMILES string of the molecule is CCCCCCCCCCCCC(SCCNC(=O)CCNC(=O)C(O)C(C)(C)COP(=O)([O-])OP(=O)(O)OCC1OC(n2cnc3c(N)ncnc32)C(O)C1OP(=O)(O)O)C(=O)NCC(N)=O.[Na+]. The topological polar surface area (TPSA) is 422 Å². The molecule has 2 aromatic heterocycles. The molecule has 0 radical (unpaired) electrons. The number of aliphatic hydroxyl groups excluding tert-OH is 2. The standard InChI is InChI=1S/C37H66N9O18P3S.Na/c1-4-5-6-7-8-9-10-11-12-13-14-25(34(51)42-19-26(38)47)68-18-17-40-27(48)15-16-41-35(52)31(50)37(2,3)21-61-67(58,59)64-66(56,57)60-20-24-30(63-65(53,54)55)29(49)36(62-24)46-23-45-28-32(39)43-22-44-33(28)46;/h22-25,29-31,36,49-50H,4-21H2,1-3H3,(H2,38,47)(H,40,48)(H,41,52)(H,42,51)(H,56,57)(H,58,59)(H2,39,43,44)(H2,53,54,55);/q;+1/p-1. The molecule has 1 saturated heterocycles. The van der Waals surface area contributed by atoms with Crippen LogP contribution in [-0.2, 0) is 55.5 Å². The van der Waals surface area contributed by atoms with Gasteiger partial charge in [-0.15, -0.1) is 11.8 Å². The van der Waals surface area contributed by atoms with Crippen LogP contribution < -0.4 is 61.9 Å². The van der Waals surface area contributed by atoms with Crippen molar-refractivity contribution in [1.29, 1.82) is 0 Å². The van der Waals surface area contributed by atoms with Crippen LogP contribution in [0.5, 0.6) is 0 Å². The average molecular weight is 1070 g/mol. The third-order valence-corrected chi connectivity index (χ3v) is 14.7. The number of rotatable bonds is 34. The minimum Gasteiger partial charge on any atom is -0.756 e. The summed E-state index contributed by atoms with van der Waals surface area (Å²) in [6.07, 6.45) is 4.80. The summed E-state index contributed by atoms with van der Waals surface area (Å²) in [4.78, 5) is 103. The molecule has 1 aliphatic heterocycles. The Hall–Kier alpha value is -2.17. The van der Waals surface area contributed by atoms with Gasteiger partial charge in [0.2, 0.25) is 23.6 Å². The van der Waals surface area contributed by atoms with Gasteiger partial charge in [0.15, 0.2) is 17.7 Å². The van der Waals surface area contributed by atoms with Gasteiger partial charge in [-0.05, 0) is 6.42 Å². The summed E-state index contributed by atoms with van der Waals surface area (Å²) >= 11 is 1.32. The van der Waals surface area contributed by atoms with Gasteiger partial charge in [0, 0.05) is 30.7 Å². The van der Waals surface area contributed by atoms with Crippen molar-refractivity contribution >= 4 is 75.8 Å². The quantitative estimate of drug-likeness (QED) is 0.0202. The molecule has 2 aromatic rings. The number of thioether (sulfide) groups is 1. The second-order valence-electron chi connectivity index (χ2n) is 16.6. The number of nitrogen functional groups attached to an aromatic ring is 1. The Bertz CT molecular complexity index is 2110. The Morgan fingerprint density at radius 1 is 0.942 bits per heavy atom. The van der Waals surface area contributed by atoms with E-state index in [-0.39, 0.29) is 78.5 Å². The van der Waals surface area contributed by atoms with Gasteiger partial charge in [-0.1, -0.05) is 85.0 Å². The molecule has 0 saturated carbocycles. The number of hydrogen-bond donors (Lipinski definition) is 10. The summed E-state index contributed by atoms with van der Waals surface area (Å²) in [7, 11) is -16.8. The number of nitrogens with one attached hydrogen (secondary N) is 3. The van der Waals surface area contributed by atoms with Gasteiger partial charge in [0.05, 0.1) is 31.3 Å². The normalized spacial score (nSPS) is 20.0. The number of hydrogen-bond acceptors (Lipinski definition) is 20. The fourth-order valence-electron chi connectivity index (χ4n) is 6.72. The van der Waals surface area contributed by atoms with Crippen LogP contribution in [0.1, 0.15) is 104 Å². The van der Waals surface area contributed by atoms with E-state index < -0.39 is 95.7 Å². The number of aliphatic hydroxyl groups is 2. The molecule has 27 nitrogen and oxygen atoms in total. The minimum atomic E-state index is -5.78. The van der Waals surface area contributed by atoms with E-state index >= 15 is 0 Å². The molecule has 0 aliphatic carbocycles. The van der Waals surface area contributed by atoms with Crippen molar-refractivity contribution in [3.63, 3.8) is 0 Å². The number of nitrogens with zero attached hydrogens (tertiary/aromatic N) is 4. The molecular weight excluding hydrogens is 1010 g/mol. The molecule has 1 fully saturated rings. The monoisotopic (exact) mass is 1070 g/mol. The van der Waals surface area contributed by atoms with Crippen LogP contribution in [0.25, 0.3) is 11.2 Å². The first kappa shape index (κ1) is 62.9. The van der Waals surface area contributed by atoms with Crippen LogP contribution in [0, 0.1) is 5.41 Å². The Kier molecular flexibility index (Phi) is 27.5. The molecule has 8 unspecified atom stereocenters. The number of unbranched alkanes of at least 4 members (excludes halogenated alkanes) is 9. The molecule has 0 aromatic carbocycles. The van der Waals surface area contributed by atoms with Crippen molar-refractivity contribution in [2.24, 2.45) is 11.1 Å². The van der Waals surface area contributed by atoms with Gasteiger partial charge >= 0.3 is 45.2 Å². The zero-order valence-electron chi connectivity index (χ0n) is 39.1. The van der Waals surface area contributed by atoms with Gasteiger partial charge in [0.25, 0.3) is 7.82 Å². The predicted octanol–water partition coefficient (Wildman–Crippen LogP) is -2.21. The third-order valence-electron chi connectivity index (χ3n) is 10.4. The van der Waals surface area contributed by atoms with E-state index in [1.165, 1.54) is 64.1 Å². The van der Waals surface area contributed by atoms with Crippen molar-refractivity contribution in [2.45, 2.75) is 134 Å². The van der Waals surface area contributed by atoms with E-state index in [1.54, 1.807) is 0 Å². The number of primary amides is 1. The van der Waals surface area contributed by atoms with E-state index in [9.17, 15) is 62.7 Å². The van der Waals surface area contributed by atoms with Crippen molar-refractivity contribution in [3.8, 4) is 0 Å². The van der Waals surface area contributed by atoms with Crippen molar-refractivity contribution in [2.75, 3.05) is 44.3 Å². The largest absolute Gasteiger partial charge is 1.00 e. The molecular formula is C37H65N9NaO18P3S. The van der Waals surface area contributed by atoms with Gasteiger partial charge in [0.1, 0.15) is 36.3 Å². The fraction of sp³-hybridized carbons (Fsp3) is 0.757. The number of carbonyl (C=O) groups excluding carboxylic acids is 4. The van der Waals surface area contributed by atoms with Crippen LogP contribution in [0.3, 0.4) is 0 Å². The molecule has 3 rings (SSSR count). The van der Waals surface area contributed by atoms with E-state index in [0.717, 1.165) is 42.9 Å². The number of amides is 4. The molecule has 1 aliphatic rings.